The van der Waals surface area contributed by atoms with Crippen LogP contribution in [0.1, 0.15) is 12.5 Å². The molecule has 0 aromatic heterocycles. The first kappa shape index (κ1) is 16.7. The molecule has 2 aromatic carbocycles. The van der Waals surface area contributed by atoms with Crippen molar-refractivity contribution in [3.63, 3.8) is 0 Å². The van der Waals surface area contributed by atoms with Crippen LogP contribution in [0.4, 0.5) is 0 Å². The number of rotatable bonds is 6. The summed E-state index contributed by atoms with van der Waals surface area (Å²) in [5.41, 5.74) is 0.981. The van der Waals surface area contributed by atoms with Crippen molar-refractivity contribution in [3.8, 4) is 28.7 Å². The van der Waals surface area contributed by atoms with E-state index in [-0.39, 0.29) is 13.4 Å². The maximum absolute atomic E-state index is 12.0. The van der Waals surface area contributed by atoms with Crippen molar-refractivity contribution in [2.75, 3.05) is 20.5 Å². The summed E-state index contributed by atoms with van der Waals surface area (Å²) in [5, 5.41) is 0. The Morgan fingerprint density at radius 2 is 1.96 bits per heavy atom. The van der Waals surface area contributed by atoms with Crippen molar-refractivity contribution in [1.29, 1.82) is 0 Å². The van der Waals surface area contributed by atoms with Crippen LogP contribution in [0.3, 0.4) is 0 Å². The molecule has 0 saturated heterocycles. The molecule has 0 N–H and O–H groups in total. The van der Waals surface area contributed by atoms with Gasteiger partial charge in [-0.15, -0.1) is 0 Å². The van der Waals surface area contributed by atoms with Gasteiger partial charge in [-0.1, -0.05) is 18.2 Å². The Kier molecular flexibility index (Phi) is 5.09. The summed E-state index contributed by atoms with van der Waals surface area (Å²) in [6.07, 6.45) is 3.87. The van der Waals surface area contributed by atoms with Gasteiger partial charge in [0.2, 0.25) is 6.79 Å². The highest BCUT2D eigenvalue weighted by atomic mass is 16.7. The number of ether oxygens (including phenoxy) is 5. The first-order valence-electron chi connectivity index (χ1n) is 7.73. The Morgan fingerprint density at radius 3 is 2.76 bits per heavy atom. The van der Waals surface area contributed by atoms with Gasteiger partial charge in [0.05, 0.1) is 7.11 Å². The number of carbonyl (C=O) groups is 1. The average Bonchev–Trinajstić information content (AvgIpc) is 3.08. The van der Waals surface area contributed by atoms with Gasteiger partial charge in [0.1, 0.15) is 5.75 Å². The fraction of sp³-hybridized carbons (Fsp3) is 0.211. The van der Waals surface area contributed by atoms with Crippen molar-refractivity contribution in [1.82, 2.24) is 0 Å². The molecule has 0 amide bonds. The van der Waals surface area contributed by atoms with Crippen LogP contribution in [0.25, 0.3) is 6.08 Å². The molecule has 0 unspecified atom stereocenters. The molecule has 6 heteroatoms. The van der Waals surface area contributed by atoms with Gasteiger partial charge in [-0.2, -0.15) is 0 Å². The molecule has 25 heavy (non-hydrogen) atoms. The topological polar surface area (TPSA) is 63.2 Å². The number of carbonyl (C=O) groups excluding carboxylic acids is 1. The lowest BCUT2D eigenvalue weighted by Crippen LogP contribution is -2.17. The molecule has 130 valence electrons. The molecular weight excluding hydrogens is 324 g/mol. The zero-order valence-corrected chi connectivity index (χ0v) is 14.0. The first-order valence-corrected chi connectivity index (χ1v) is 7.73. The highest BCUT2D eigenvalue weighted by Crippen LogP contribution is 2.35. The average molecular weight is 342 g/mol. The van der Waals surface area contributed by atoms with E-state index in [1.165, 1.54) is 0 Å². The molecular formula is C19H18O6. The van der Waals surface area contributed by atoms with Crippen LogP contribution in [0.5, 0.6) is 28.7 Å². The van der Waals surface area contributed by atoms with E-state index in [1.54, 1.807) is 31.4 Å². The summed E-state index contributed by atoms with van der Waals surface area (Å²) in [6.45, 7) is 1.86. The van der Waals surface area contributed by atoms with Gasteiger partial charge in [-0.3, -0.25) is 0 Å². The highest BCUT2D eigenvalue weighted by Gasteiger charge is 2.16. The van der Waals surface area contributed by atoms with Gasteiger partial charge in [0.15, 0.2) is 29.6 Å². The molecule has 6 nitrogen and oxygen atoms in total. The third kappa shape index (κ3) is 4.03. The largest absolute Gasteiger partial charge is 0.493 e. The molecule has 0 spiro atoms. The zero-order valence-electron chi connectivity index (χ0n) is 14.0. The quantitative estimate of drug-likeness (QED) is 0.592. The van der Waals surface area contributed by atoms with Crippen molar-refractivity contribution in [2.24, 2.45) is 0 Å². The van der Waals surface area contributed by atoms with Gasteiger partial charge in [0.25, 0.3) is 0 Å². The summed E-state index contributed by atoms with van der Waals surface area (Å²) in [7, 11) is 1.55. The maximum Gasteiger partial charge on any atom is 0.349 e. The monoisotopic (exact) mass is 342 g/mol. The van der Waals surface area contributed by atoms with Crippen LogP contribution in [-0.2, 0) is 4.79 Å². The third-order valence-electron chi connectivity index (χ3n) is 3.47. The Hall–Kier alpha value is -3.15. The minimum absolute atomic E-state index is 0.166. The second kappa shape index (κ2) is 7.61. The zero-order chi connectivity index (χ0) is 17.6. The normalized spacial score (nSPS) is 12.2. The van der Waals surface area contributed by atoms with Crippen molar-refractivity contribution in [2.45, 2.75) is 6.92 Å². The van der Waals surface area contributed by atoms with Crippen molar-refractivity contribution in [3.05, 3.63) is 48.0 Å². The van der Waals surface area contributed by atoms with E-state index in [0.29, 0.717) is 28.7 Å². The fourth-order valence-electron chi connectivity index (χ4n) is 2.34. The maximum atomic E-state index is 12.0. The van der Waals surface area contributed by atoms with Crippen molar-refractivity contribution < 1.29 is 28.5 Å². The van der Waals surface area contributed by atoms with Crippen LogP contribution in [0.15, 0.2) is 42.5 Å². The number of hydrogen-bond acceptors (Lipinski definition) is 6. The number of benzene rings is 2. The standard InChI is InChI=1S/C19H18O6/c1-3-4-13-5-7-15(17(9-13)21-2)22-11-19(20)25-14-6-8-16-18(10-14)24-12-23-16/h3-10H,11-12H2,1-2H3/b4-3+. The van der Waals surface area contributed by atoms with E-state index in [0.717, 1.165) is 5.56 Å². The first-order chi connectivity index (χ1) is 12.2. The fourth-order valence-corrected chi connectivity index (χ4v) is 2.34. The Balaban J connectivity index is 1.60. The molecule has 1 aliphatic rings. The van der Waals surface area contributed by atoms with E-state index in [1.807, 2.05) is 31.2 Å². The molecule has 1 heterocycles. The molecule has 3 rings (SSSR count). The second-order valence-electron chi connectivity index (χ2n) is 5.19. The minimum atomic E-state index is -0.529. The molecule has 0 saturated carbocycles. The predicted octanol–water partition coefficient (Wildman–Crippen LogP) is 3.44. The highest BCUT2D eigenvalue weighted by molar-refractivity contribution is 5.74. The van der Waals surface area contributed by atoms with E-state index in [2.05, 4.69) is 0 Å². The third-order valence-corrected chi connectivity index (χ3v) is 3.47. The molecule has 0 bridgehead atoms. The molecule has 0 atom stereocenters. The molecule has 0 aliphatic carbocycles. The van der Waals surface area contributed by atoms with E-state index in [9.17, 15) is 4.79 Å². The van der Waals surface area contributed by atoms with Crippen LogP contribution in [-0.4, -0.2) is 26.5 Å². The Labute approximate surface area is 145 Å². The second-order valence-corrected chi connectivity index (χ2v) is 5.19. The molecule has 0 radical (unpaired) electrons. The lowest BCUT2D eigenvalue weighted by molar-refractivity contribution is -0.136. The smallest absolute Gasteiger partial charge is 0.349 e. The van der Waals surface area contributed by atoms with Gasteiger partial charge in [-0.05, 0) is 36.8 Å². The predicted molar refractivity (Wildman–Crippen MR) is 91.4 cm³/mol. The van der Waals surface area contributed by atoms with Crippen LogP contribution >= 0.6 is 0 Å². The minimum Gasteiger partial charge on any atom is -0.493 e. The summed E-state index contributed by atoms with van der Waals surface area (Å²) in [5.74, 6) is 2.03. The summed E-state index contributed by atoms with van der Waals surface area (Å²) < 4.78 is 26.5. The number of methoxy groups -OCH3 is 1. The molecule has 0 fully saturated rings. The van der Waals surface area contributed by atoms with E-state index >= 15 is 0 Å². The molecule has 1 aliphatic heterocycles. The van der Waals surface area contributed by atoms with E-state index < -0.39 is 5.97 Å². The SMILES string of the molecule is C/C=C/c1ccc(OCC(=O)Oc2ccc3c(c2)OCO3)c(OC)c1. The number of esters is 1. The number of fused-ring (bicyclic) bond motifs is 1. The summed E-state index contributed by atoms with van der Waals surface area (Å²) in [6, 6.07) is 10.4. The number of hydrogen-bond donors (Lipinski definition) is 0. The van der Waals surface area contributed by atoms with Crippen LogP contribution in [0, 0.1) is 0 Å². The lowest BCUT2D eigenvalue weighted by atomic mass is 10.2. The molecule has 2 aromatic rings. The Bertz CT molecular complexity index is 796. The number of allylic oxidation sites excluding steroid dienone is 1. The van der Waals surface area contributed by atoms with Gasteiger partial charge >= 0.3 is 5.97 Å². The summed E-state index contributed by atoms with van der Waals surface area (Å²) >= 11 is 0. The van der Waals surface area contributed by atoms with Gasteiger partial charge in [-0.25, -0.2) is 4.79 Å². The van der Waals surface area contributed by atoms with Crippen LogP contribution in [0.2, 0.25) is 0 Å². The Morgan fingerprint density at radius 1 is 1.12 bits per heavy atom. The lowest BCUT2D eigenvalue weighted by Gasteiger charge is -2.11. The van der Waals surface area contributed by atoms with E-state index in [4.69, 9.17) is 23.7 Å². The van der Waals surface area contributed by atoms with Crippen LogP contribution < -0.4 is 23.7 Å². The van der Waals surface area contributed by atoms with Gasteiger partial charge in [0, 0.05) is 6.07 Å². The van der Waals surface area contributed by atoms with Crippen molar-refractivity contribution >= 4 is 12.0 Å². The summed E-state index contributed by atoms with van der Waals surface area (Å²) in [4.78, 5) is 12.0. The van der Waals surface area contributed by atoms with Gasteiger partial charge < -0.3 is 23.7 Å².